The van der Waals surface area contributed by atoms with Crippen LogP contribution in [0.3, 0.4) is 0 Å². The second-order valence-electron chi connectivity index (χ2n) is 25.7. The molecule has 0 amide bonds. The number of hydrogen-bond acceptors (Lipinski definition) is 24. The number of esters is 4. The molecule has 96 heavy (non-hydrogen) atoms. The van der Waals surface area contributed by atoms with Crippen molar-refractivity contribution in [2.24, 2.45) is 0 Å². The van der Waals surface area contributed by atoms with Gasteiger partial charge in [0, 0.05) is 24.3 Å². The van der Waals surface area contributed by atoms with Crippen LogP contribution in [0.25, 0.3) is 0 Å². The molecule has 0 saturated heterocycles. The Kier molecular flexibility index (Phi) is 153. The summed E-state index contributed by atoms with van der Waals surface area (Å²) < 4.78 is 19.3. The van der Waals surface area contributed by atoms with Crippen molar-refractivity contribution in [1.82, 2.24) is 0 Å². The monoisotopic (exact) mass is 1700 g/mol. The van der Waals surface area contributed by atoms with Crippen molar-refractivity contribution < 1.29 is 225 Å². The molecule has 0 atom stereocenters. The standard InChI is InChI=1S/4C8H14O3.12C3H7O.4Zr/c4*1-6(9)5-7(10)11-8(2,3)4;12*1-3(2)4;;;;/h4*5,9H,1-4H3;12*3H,1-2H3;;;;/q;;;;12*-1;4*+4/p-4/b4*6-5-;;;;;;;;;;;;;;;;. The fourth-order valence-corrected chi connectivity index (χ4v) is 1.99. The summed E-state index contributed by atoms with van der Waals surface area (Å²) in [5.41, 5.74) is -2.10. The molecule has 0 N–H and O–H groups in total. The van der Waals surface area contributed by atoms with E-state index in [-0.39, 0.29) is 128 Å². The zero-order chi connectivity index (χ0) is 79.2. The molecule has 0 saturated carbocycles. The van der Waals surface area contributed by atoms with Crippen molar-refractivity contribution in [2.45, 2.75) is 373 Å². The van der Waals surface area contributed by atoms with Crippen LogP contribution in [0.15, 0.2) is 47.3 Å². The van der Waals surface area contributed by atoms with Gasteiger partial charge in [0.05, 0.1) is 0 Å². The topological polar surface area (TPSA) is 474 Å². The van der Waals surface area contributed by atoms with E-state index in [0.29, 0.717) is 0 Å². The van der Waals surface area contributed by atoms with E-state index in [1.54, 1.807) is 249 Å². The summed E-state index contributed by atoms with van der Waals surface area (Å²) in [4.78, 5) is 43.1. The Hall–Kier alpha value is -0.908. The van der Waals surface area contributed by atoms with Crippen LogP contribution in [-0.2, 0) is 143 Å². The zero-order valence-corrected chi connectivity index (χ0v) is 76.9. The van der Waals surface area contributed by atoms with Crippen molar-refractivity contribution in [2.75, 3.05) is 0 Å². The van der Waals surface area contributed by atoms with Gasteiger partial charge in [0.15, 0.2) is 0 Å². The minimum atomic E-state index is -0.579. The molecule has 0 unspecified atom stereocenters. The van der Waals surface area contributed by atoms with E-state index < -0.39 is 120 Å². The third-order valence-electron chi connectivity index (χ3n) is 2.91. The van der Waals surface area contributed by atoms with Crippen LogP contribution < -0.4 is 81.7 Å². The van der Waals surface area contributed by atoms with Gasteiger partial charge in [0.2, 0.25) is 0 Å². The molecule has 0 heterocycles. The molecule has 0 radical (unpaired) electrons. The first-order chi connectivity index (χ1) is 40.0. The largest absolute Gasteiger partial charge is 4.00 e. The van der Waals surface area contributed by atoms with E-state index in [1.807, 2.05) is 0 Å². The van der Waals surface area contributed by atoms with Crippen molar-refractivity contribution in [3.63, 3.8) is 0 Å². The average Bonchev–Trinajstić information content (AvgIpc) is 3.12. The van der Waals surface area contributed by atoms with Gasteiger partial charge in [0.25, 0.3) is 0 Å². The van der Waals surface area contributed by atoms with Gasteiger partial charge < -0.3 is 101 Å². The molecule has 0 aliphatic rings. The summed E-state index contributed by atoms with van der Waals surface area (Å²) in [6.07, 6.45) is -1.26. The third-order valence-corrected chi connectivity index (χ3v) is 2.91. The molecule has 568 valence electrons. The van der Waals surface area contributed by atoms with Gasteiger partial charge >= 0.3 is 129 Å². The van der Waals surface area contributed by atoms with Crippen LogP contribution in [0.2, 0.25) is 0 Å². The van der Waals surface area contributed by atoms with Gasteiger partial charge in [-0.25, -0.2) is 19.2 Å². The molecule has 24 nitrogen and oxygen atoms in total. The van der Waals surface area contributed by atoms with E-state index in [2.05, 4.69) is 0 Å². The molecule has 0 aromatic rings. The van der Waals surface area contributed by atoms with Gasteiger partial charge in [-0.15, -0.1) is 96.3 Å². The quantitative estimate of drug-likeness (QED) is 0.147. The van der Waals surface area contributed by atoms with Crippen LogP contribution in [0, 0.1) is 0 Å². The maximum Gasteiger partial charge on any atom is 4.00 e. The molecule has 0 fully saturated rings. The van der Waals surface area contributed by atoms with E-state index in [1.165, 1.54) is 27.7 Å². The van der Waals surface area contributed by atoms with Crippen molar-refractivity contribution >= 4 is 23.9 Å². The molecule has 0 aromatic heterocycles. The molecule has 0 spiro atoms. The Bertz CT molecular complexity index is 1310. The van der Waals surface area contributed by atoms with Crippen LogP contribution >= 0.6 is 0 Å². The predicted octanol–water partition coefficient (Wildman–Crippen LogP) is -0.580. The van der Waals surface area contributed by atoms with Crippen LogP contribution in [0.4, 0.5) is 0 Å². The summed E-state index contributed by atoms with van der Waals surface area (Å²) in [5, 5.41) is 156. The Morgan fingerprint density at radius 3 is 0.302 bits per heavy atom. The van der Waals surface area contributed by atoms with Crippen LogP contribution in [0.1, 0.15) is 277 Å². The average molecular weight is 1700 g/mol. The summed E-state index contributed by atoms with van der Waals surface area (Å²) >= 11 is 0. The zero-order valence-electron chi connectivity index (χ0n) is 67.0. The molecule has 0 bridgehead atoms. The molecule has 0 rings (SSSR count). The minimum absolute atomic E-state index is 0. The van der Waals surface area contributed by atoms with Gasteiger partial charge in [-0.05, 0) is 83.1 Å². The SMILES string of the molecule is C/C([O-])=C/C(=O)OC(C)(C)C.C/C([O-])=C/C(=O)OC(C)(C)C.C/C([O-])=C/C(=O)OC(C)(C)C.C/C([O-])=C/C(=O)OC(C)(C)C.CC(C)[O-].CC(C)[O-].CC(C)[O-].CC(C)[O-].CC(C)[O-].CC(C)[O-].CC(C)[O-].CC(C)[O-].CC(C)[O-].CC(C)[O-].CC(C)[O-].CC(C)[O-].[Zr+4].[Zr+4].[Zr+4].[Zr+4]. The van der Waals surface area contributed by atoms with Crippen LogP contribution in [-0.4, -0.2) is 120 Å². The first kappa shape index (κ1) is 149. The van der Waals surface area contributed by atoms with Crippen molar-refractivity contribution in [1.29, 1.82) is 0 Å². The number of hydrogen-bond donors (Lipinski definition) is 0. The molecular weight excluding hydrogens is 1570 g/mol. The number of allylic oxidation sites excluding steroid dienone is 4. The number of ether oxygens (including phenoxy) is 4. The van der Waals surface area contributed by atoms with Gasteiger partial charge in [0.1, 0.15) is 22.4 Å². The first-order valence-electron chi connectivity index (χ1n) is 30.3. The molecule has 0 aliphatic heterocycles. The Morgan fingerprint density at radius 1 is 0.219 bits per heavy atom. The summed E-state index contributed by atoms with van der Waals surface area (Å²) in [6.45, 7) is 64.9. The van der Waals surface area contributed by atoms with Gasteiger partial charge in [-0.2, -0.15) is 0 Å². The second kappa shape index (κ2) is 98.3. The fourth-order valence-electron chi connectivity index (χ4n) is 1.99. The summed E-state index contributed by atoms with van der Waals surface area (Å²) in [7, 11) is 0. The maximum absolute atomic E-state index is 10.8. The van der Waals surface area contributed by atoms with Gasteiger partial charge in [-0.3, -0.25) is 0 Å². The smallest absolute Gasteiger partial charge is 0.875 e. The van der Waals surface area contributed by atoms with Crippen LogP contribution in [0.5, 0.6) is 0 Å². The normalized spacial score (nSPS) is 10.4. The van der Waals surface area contributed by atoms with E-state index in [0.717, 1.165) is 24.3 Å². The number of rotatable bonds is 4. The van der Waals surface area contributed by atoms with Gasteiger partial charge in [-0.1, -0.05) is 194 Å². The van der Waals surface area contributed by atoms with E-state index in [9.17, 15) is 101 Å². The van der Waals surface area contributed by atoms with Crippen molar-refractivity contribution in [3.8, 4) is 0 Å². The maximum atomic E-state index is 10.8. The van der Waals surface area contributed by atoms with Crippen molar-refractivity contribution in [3.05, 3.63) is 47.3 Å². The Morgan fingerprint density at radius 2 is 0.271 bits per heavy atom. The second-order valence-corrected chi connectivity index (χ2v) is 25.7. The van der Waals surface area contributed by atoms with E-state index >= 15 is 0 Å². The summed E-state index contributed by atoms with van der Waals surface area (Å²) in [5.74, 6) is -3.48. The molecule has 0 aromatic carbocycles. The Balaban J connectivity index is -0.0000000364. The molecule has 28 heteroatoms. The molecule has 0 aliphatic carbocycles. The number of carbonyl (C=O) groups is 4. The Labute approximate surface area is 662 Å². The fraction of sp³-hybridized carbons (Fsp3) is 0.824. The predicted molar refractivity (Wildman–Crippen MR) is 340 cm³/mol. The minimum Gasteiger partial charge on any atom is -0.875 e. The van der Waals surface area contributed by atoms with E-state index in [4.69, 9.17) is 18.9 Å². The first-order valence-corrected chi connectivity index (χ1v) is 30.3. The third kappa shape index (κ3) is 641. The molecular formula is C68H136O24Zr4. The number of carbonyl (C=O) groups excluding carboxylic acids is 4. The summed E-state index contributed by atoms with van der Waals surface area (Å²) in [6, 6.07) is 0.